The summed E-state index contributed by atoms with van der Waals surface area (Å²) in [6, 6.07) is 3.82. The Hall–Kier alpha value is -1.66. The highest BCUT2D eigenvalue weighted by atomic mass is 16.2. The lowest BCUT2D eigenvalue weighted by Gasteiger charge is -2.39. The fourth-order valence-corrected chi connectivity index (χ4v) is 2.75. The molecule has 0 spiro atoms. The number of nitrogens with zero attached hydrogens (tertiary/aromatic N) is 3. The summed E-state index contributed by atoms with van der Waals surface area (Å²) in [4.78, 5) is 20.8. The second-order valence-corrected chi connectivity index (χ2v) is 6.23. The molecule has 0 saturated carbocycles. The Morgan fingerprint density at radius 1 is 1.32 bits per heavy atom. The van der Waals surface area contributed by atoms with Crippen molar-refractivity contribution < 1.29 is 4.79 Å². The quantitative estimate of drug-likeness (QED) is 0.865. The summed E-state index contributed by atoms with van der Waals surface area (Å²) in [5.41, 5.74) is 0.709. The van der Waals surface area contributed by atoms with E-state index >= 15 is 0 Å². The Morgan fingerprint density at radius 2 is 2.05 bits per heavy atom. The van der Waals surface area contributed by atoms with Crippen LogP contribution in [0.5, 0.6) is 0 Å². The molecule has 0 aromatic carbocycles. The number of carbonyl (C=O) groups is 1. The van der Waals surface area contributed by atoms with Crippen molar-refractivity contribution in [2.45, 2.75) is 19.9 Å². The van der Waals surface area contributed by atoms with E-state index in [4.69, 9.17) is 0 Å². The molecule has 6 heteroatoms. The maximum Gasteiger partial charge on any atom is 0.319 e. The molecule has 1 aromatic rings. The van der Waals surface area contributed by atoms with Crippen LogP contribution in [-0.4, -0.2) is 66.6 Å². The minimum Gasteiger partial charge on any atom is -0.336 e. The largest absolute Gasteiger partial charge is 0.336 e. The number of hydrogen-bond acceptors (Lipinski definition) is 4. The van der Waals surface area contributed by atoms with Gasteiger partial charge >= 0.3 is 6.03 Å². The van der Waals surface area contributed by atoms with Gasteiger partial charge in [0, 0.05) is 45.0 Å². The molecule has 2 heterocycles. The van der Waals surface area contributed by atoms with Crippen LogP contribution in [-0.2, 0) is 0 Å². The normalized spacial score (nSPS) is 18.2. The van der Waals surface area contributed by atoms with E-state index in [2.05, 4.69) is 46.3 Å². The highest BCUT2D eigenvalue weighted by Gasteiger charge is 2.25. The van der Waals surface area contributed by atoms with Crippen LogP contribution in [0.15, 0.2) is 24.5 Å². The smallest absolute Gasteiger partial charge is 0.319 e. The summed E-state index contributed by atoms with van der Waals surface area (Å²) in [6.45, 7) is 9.38. The molecule has 1 unspecified atom stereocenters. The molecule has 0 radical (unpaired) electrons. The fourth-order valence-electron chi connectivity index (χ4n) is 2.75. The number of urea groups is 1. The molecular weight excluding hydrogens is 278 g/mol. The predicted molar refractivity (Wildman–Crippen MR) is 89.0 cm³/mol. The number of rotatable bonds is 5. The van der Waals surface area contributed by atoms with E-state index in [-0.39, 0.29) is 6.03 Å². The molecule has 2 N–H and O–H groups in total. The van der Waals surface area contributed by atoms with Crippen LogP contribution >= 0.6 is 0 Å². The van der Waals surface area contributed by atoms with E-state index in [0.29, 0.717) is 24.2 Å². The van der Waals surface area contributed by atoms with Crippen molar-refractivity contribution >= 4 is 11.7 Å². The molecule has 2 rings (SSSR count). The van der Waals surface area contributed by atoms with Crippen LogP contribution in [0, 0.1) is 5.92 Å². The van der Waals surface area contributed by atoms with Crippen molar-refractivity contribution in [3.8, 4) is 0 Å². The van der Waals surface area contributed by atoms with Crippen LogP contribution in [0.25, 0.3) is 0 Å². The van der Waals surface area contributed by atoms with E-state index in [1.807, 2.05) is 6.07 Å². The zero-order valence-electron chi connectivity index (χ0n) is 13.7. The van der Waals surface area contributed by atoms with Crippen molar-refractivity contribution in [1.82, 2.24) is 20.1 Å². The lowest BCUT2D eigenvalue weighted by molar-refractivity contribution is 0.0890. The van der Waals surface area contributed by atoms with Crippen molar-refractivity contribution in [1.29, 1.82) is 0 Å². The van der Waals surface area contributed by atoms with Gasteiger partial charge in [0.15, 0.2) is 0 Å². The van der Waals surface area contributed by atoms with Gasteiger partial charge in [-0.05, 0) is 25.1 Å². The maximum absolute atomic E-state index is 12.0. The molecule has 22 heavy (non-hydrogen) atoms. The van der Waals surface area contributed by atoms with E-state index in [1.54, 1.807) is 18.5 Å². The van der Waals surface area contributed by atoms with Gasteiger partial charge in [0.2, 0.25) is 0 Å². The molecule has 0 aliphatic carbocycles. The monoisotopic (exact) mass is 305 g/mol. The Morgan fingerprint density at radius 3 is 2.64 bits per heavy atom. The number of piperazine rings is 1. The molecule has 1 aromatic heterocycles. The van der Waals surface area contributed by atoms with Crippen LogP contribution in [0.4, 0.5) is 10.5 Å². The third kappa shape index (κ3) is 4.96. The summed E-state index contributed by atoms with van der Waals surface area (Å²) >= 11 is 0. The van der Waals surface area contributed by atoms with Gasteiger partial charge in [0.25, 0.3) is 0 Å². The highest BCUT2D eigenvalue weighted by Crippen LogP contribution is 2.13. The average Bonchev–Trinajstić information content (AvgIpc) is 2.50. The number of aromatic nitrogens is 1. The molecule has 122 valence electrons. The van der Waals surface area contributed by atoms with Gasteiger partial charge in [0.1, 0.15) is 0 Å². The second kappa shape index (κ2) is 8.10. The predicted octanol–water partition coefficient (Wildman–Crippen LogP) is 1.48. The van der Waals surface area contributed by atoms with Crippen LogP contribution in [0.3, 0.4) is 0 Å². The lowest BCUT2D eigenvalue weighted by Crippen LogP contribution is -2.54. The van der Waals surface area contributed by atoms with Gasteiger partial charge in [-0.1, -0.05) is 13.8 Å². The van der Waals surface area contributed by atoms with Crippen molar-refractivity contribution in [3.63, 3.8) is 0 Å². The van der Waals surface area contributed by atoms with E-state index in [1.165, 1.54) is 0 Å². The van der Waals surface area contributed by atoms with Gasteiger partial charge in [-0.15, -0.1) is 0 Å². The zero-order valence-corrected chi connectivity index (χ0v) is 13.7. The first kappa shape index (κ1) is 16.7. The number of carbonyl (C=O) groups excluding carboxylic acids is 1. The Kier molecular flexibility index (Phi) is 6.15. The van der Waals surface area contributed by atoms with E-state index in [9.17, 15) is 4.79 Å². The zero-order chi connectivity index (χ0) is 15.9. The second-order valence-electron chi connectivity index (χ2n) is 6.23. The minimum atomic E-state index is -0.173. The van der Waals surface area contributed by atoms with Crippen LogP contribution in [0.1, 0.15) is 13.8 Å². The van der Waals surface area contributed by atoms with Crippen LogP contribution in [0.2, 0.25) is 0 Å². The lowest BCUT2D eigenvalue weighted by atomic mass is 10.0. The number of anilines is 1. The number of amides is 2. The summed E-state index contributed by atoms with van der Waals surface area (Å²) in [5.74, 6) is 0.502. The fraction of sp³-hybridized carbons (Fsp3) is 0.625. The van der Waals surface area contributed by atoms with Crippen LogP contribution < -0.4 is 10.6 Å². The van der Waals surface area contributed by atoms with Crippen molar-refractivity contribution in [2.24, 2.45) is 5.92 Å². The summed E-state index contributed by atoms with van der Waals surface area (Å²) < 4.78 is 0. The first-order valence-electron chi connectivity index (χ1n) is 7.93. The summed E-state index contributed by atoms with van der Waals surface area (Å²) in [7, 11) is 2.15. The Balaban J connectivity index is 1.82. The Bertz CT molecular complexity index is 457. The first-order chi connectivity index (χ1) is 10.6. The number of hydrogen-bond donors (Lipinski definition) is 2. The molecular formula is C16H27N5O. The molecule has 1 aliphatic rings. The van der Waals surface area contributed by atoms with Gasteiger partial charge in [0.05, 0.1) is 11.9 Å². The third-order valence-corrected chi connectivity index (χ3v) is 4.17. The maximum atomic E-state index is 12.0. The molecule has 1 atom stereocenters. The third-order valence-electron chi connectivity index (χ3n) is 4.17. The average molecular weight is 305 g/mol. The standard InChI is InChI=1S/C16H27N5O/c1-13(2)15(21-9-7-20(3)8-10-21)12-18-16(22)19-14-5-4-6-17-11-14/h4-6,11,13,15H,7-10,12H2,1-3H3,(H2,18,19,22). The van der Waals surface area contributed by atoms with Gasteiger partial charge in [-0.3, -0.25) is 9.88 Å². The molecule has 6 nitrogen and oxygen atoms in total. The van der Waals surface area contributed by atoms with Gasteiger partial charge in [-0.25, -0.2) is 4.79 Å². The van der Waals surface area contributed by atoms with Crippen molar-refractivity contribution in [3.05, 3.63) is 24.5 Å². The molecule has 1 fully saturated rings. The highest BCUT2D eigenvalue weighted by molar-refractivity contribution is 5.88. The number of likely N-dealkylation sites (N-methyl/N-ethyl adjacent to an activating group) is 1. The first-order valence-corrected chi connectivity index (χ1v) is 7.93. The van der Waals surface area contributed by atoms with Crippen molar-refractivity contribution in [2.75, 3.05) is 45.1 Å². The summed E-state index contributed by atoms with van der Waals surface area (Å²) in [5, 5.41) is 5.79. The SMILES string of the molecule is CC(C)C(CNC(=O)Nc1cccnc1)N1CCN(C)CC1. The molecule has 2 amide bonds. The minimum absolute atomic E-state index is 0.173. The topological polar surface area (TPSA) is 60.5 Å². The number of pyridine rings is 1. The molecule has 1 aliphatic heterocycles. The number of nitrogens with one attached hydrogen (secondary N) is 2. The summed E-state index contributed by atoms with van der Waals surface area (Å²) in [6.07, 6.45) is 3.32. The van der Waals surface area contributed by atoms with E-state index < -0.39 is 0 Å². The van der Waals surface area contributed by atoms with Gasteiger partial charge < -0.3 is 15.5 Å². The molecule has 0 bridgehead atoms. The Labute approximate surface area is 132 Å². The van der Waals surface area contributed by atoms with Gasteiger partial charge in [-0.2, -0.15) is 0 Å². The molecule has 1 saturated heterocycles. The van der Waals surface area contributed by atoms with E-state index in [0.717, 1.165) is 26.2 Å².